The minimum Gasteiger partial charge on any atom is -0.480 e. The zero-order valence-electron chi connectivity index (χ0n) is 9.83. The summed E-state index contributed by atoms with van der Waals surface area (Å²) in [6.07, 6.45) is 6.06. The van der Waals surface area contributed by atoms with Crippen molar-refractivity contribution in [2.24, 2.45) is 11.8 Å². The summed E-state index contributed by atoms with van der Waals surface area (Å²) >= 11 is 0. The van der Waals surface area contributed by atoms with E-state index in [0.29, 0.717) is 6.04 Å². The monoisotopic (exact) mass is 213 g/mol. The molecule has 0 heterocycles. The maximum Gasteiger partial charge on any atom is 0.317 e. The van der Waals surface area contributed by atoms with Gasteiger partial charge in [-0.2, -0.15) is 0 Å². The molecule has 0 bridgehead atoms. The van der Waals surface area contributed by atoms with Crippen LogP contribution in [0.1, 0.15) is 46.0 Å². The molecule has 2 N–H and O–H groups in total. The van der Waals surface area contributed by atoms with Crippen LogP contribution in [0.3, 0.4) is 0 Å². The largest absolute Gasteiger partial charge is 0.480 e. The van der Waals surface area contributed by atoms with Gasteiger partial charge in [0.1, 0.15) is 0 Å². The first-order valence-corrected chi connectivity index (χ1v) is 6.04. The van der Waals surface area contributed by atoms with Gasteiger partial charge in [-0.15, -0.1) is 0 Å². The summed E-state index contributed by atoms with van der Waals surface area (Å²) < 4.78 is 0. The predicted molar refractivity (Wildman–Crippen MR) is 60.8 cm³/mol. The Kier molecular flexibility index (Phi) is 5.09. The van der Waals surface area contributed by atoms with E-state index in [-0.39, 0.29) is 6.54 Å². The van der Waals surface area contributed by atoms with Crippen molar-refractivity contribution >= 4 is 5.97 Å². The topological polar surface area (TPSA) is 49.3 Å². The summed E-state index contributed by atoms with van der Waals surface area (Å²) in [6, 6.07) is 0.421. The molecule has 88 valence electrons. The molecule has 0 aromatic heterocycles. The molecule has 1 aliphatic carbocycles. The quantitative estimate of drug-likeness (QED) is 0.704. The third-order valence-corrected chi connectivity index (χ3v) is 3.50. The summed E-state index contributed by atoms with van der Waals surface area (Å²) in [4.78, 5) is 10.4. The smallest absolute Gasteiger partial charge is 0.317 e. The number of hydrogen-bond acceptors (Lipinski definition) is 2. The van der Waals surface area contributed by atoms with Crippen LogP contribution in [0.15, 0.2) is 0 Å². The fourth-order valence-corrected chi connectivity index (χ4v) is 2.43. The SMILES string of the molecule is CC(C)C1CCCC(NCC(=O)O)CC1. The molecule has 2 unspecified atom stereocenters. The summed E-state index contributed by atoms with van der Waals surface area (Å²) in [6.45, 7) is 4.68. The first-order valence-electron chi connectivity index (χ1n) is 6.04. The third kappa shape index (κ3) is 4.65. The van der Waals surface area contributed by atoms with E-state index >= 15 is 0 Å². The van der Waals surface area contributed by atoms with Gasteiger partial charge in [-0.3, -0.25) is 4.79 Å². The fourth-order valence-electron chi connectivity index (χ4n) is 2.43. The molecule has 0 amide bonds. The maximum atomic E-state index is 10.4. The van der Waals surface area contributed by atoms with Gasteiger partial charge in [0.05, 0.1) is 6.54 Å². The predicted octanol–water partition coefficient (Wildman–Crippen LogP) is 2.27. The zero-order chi connectivity index (χ0) is 11.3. The molecule has 1 fully saturated rings. The van der Waals surface area contributed by atoms with Crippen molar-refractivity contribution in [3.05, 3.63) is 0 Å². The minimum absolute atomic E-state index is 0.108. The molecule has 0 aromatic rings. The van der Waals surface area contributed by atoms with Crippen molar-refractivity contribution in [3.8, 4) is 0 Å². The molecular weight excluding hydrogens is 190 g/mol. The van der Waals surface area contributed by atoms with Crippen LogP contribution in [0.2, 0.25) is 0 Å². The number of rotatable bonds is 4. The van der Waals surface area contributed by atoms with Gasteiger partial charge in [0.2, 0.25) is 0 Å². The van der Waals surface area contributed by atoms with Crippen LogP contribution in [-0.4, -0.2) is 23.7 Å². The average Bonchev–Trinajstić information content (AvgIpc) is 2.39. The van der Waals surface area contributed by atoms with Gasteiger partial charge < -0.3 is 10.4 Å². The number of carbonyl (C=O) groups is 1. The van der Waals surface area contributed by atoms with E-state index in [2.05, 4.69) is 19.2 Å². The van der Waals surface area contributed by atoms with E-state index in [0.717, 1.165) is 24.7 Å². The molecule has 2 atom stereocenters. The van der Waals surface area contributed by atoms with Crippen LogP contribution in [-0.2, 0) is 4.79 Å². The summed E-state index contributed by atoms with van der Waals surface area (Å²) in [7, 11) is 0. The lowest BCUT2D eigenvalue weighted by molar-refractivity contribution is -0.136. The lowest BCUT2D eigenvalue weighted by Crippen LogP contribution is -2.33. The van der Waals surface area contributed by atoms with E-state index < -0.39 is 5.97 Å². The van der Waals surface area contributed by atoms with E-state index in [1.165, 1.54) is 19.3 Å². The summed E-state index contributed by atoms with van der Waals surface area (Å²) in [5, 5.41) is 11.7. The Morgan fingerprint density at radius 2 is 2.07 bits per heavy atom. The molecule has 1 saturated carbocycles. The Hall–Kier alpha value is -0.570. The molecule has 3 nitrogen and oxygen atoms in total. The highest BCUT2D eigenvalue weighted by Gasteiger charge is 2.20. The van der Waals surface area contributed by atoms with Gasteiger partial charge in [-0.05, 0) is 31.1 Å². The average molecular weight is 213 g/mol. The minimum atomic E-state index is -0.750. The van der Waals surface area contributed by atoms with Crippen LogP contribution < -0.4 is 5.32 Å². The van der Waals surface area contributed by atoms with E-state index in [1.807, 2.05) is 0 Å². The second kappa shape index (κ2) is 6.11. The third-order valence-electron chi connectivity index (χ3n) is 3.50. The first-order chi connectivity index (χ1) is 7.09. The highest BCUT2D eigenvalue weighted by molar-refractivity contribution is 5.69. The molecule has 3 heteroatoms. The van der Waals surface area contributed by atoms with E-state index in [9.17, 15) is 4.79 Å². The summed E-state index contributed by atoms with van der Waals surface area (Å²) in [5.41, 5.74) is 0. The highest BCUT2D eigenvalue weighted by Crippen LogP contribution is 2.28. The number of carboxylic acid groups (broad SMARTS) is 1. The van der Waals surface area contributed by atoms with Crippen LogP contribution in [0.4, 0.5) is 0 Å². The zero-order valence-corrected chi connectivity index (χ0v) is 9.83. The molecule has 0 aliphatic heterocycles. The van der Waals surface area contributed by atoms with Gasteiger partial charge in [-0.1, -0.05) is 26.7 Å². The van der Waals surface area contributed by atoms with Crippen molar-refractivity contribution in [2.75, 3.05) is 6.54 Å². The molecule has 0 saturated heterocycles. The molecule has 0 spiro atoms. The summed E-state index contributed by atoms with van der Waals surface area (Å²) in [5.74, 6) is 0.851. The van der Waals surface area contributed by atoms with E-state index in [4.69, 9.17) is 5.11 Å². The number of carboxylic acids is 1. The van der Waals surface area contributed by atoms with Gasteiger partial charge in [0.15, 0.2) is 0 Å². The second-order valence-electron chi connectivity index (χ2n) is 4.98. The lowest BCUT2D eigenvalue weighted by atomic mass is 9.89. The van der Waals surface area contributed by atoms with Crippen LogP contribution in [0.5, 0.6) is 0 Å². The van der Waals surface area contributed by atoms with Gasteiger partial charge in [0.25, 0.3) is 0 Å². The molecule has 0 radical (unpaired) electrons. The fraction of sp³-hybridized carbons (Fsp3) is 0.917. The normalized spacial score (nSPS) is 27.7. The van der Waals surface area contributed by atoms with Crippen LogP contribution in [0.25, 0.3) is 0 Å². The van der Waals surface area contributed by atoms with Crippen LogP contribution in [0, 0.1) is 11.8 Å². The molecule has 0 aromatic carbocycles. The highest BCUT2D eigenvalue weighted by atomic mass is 16.4. The number of aliphatic carboxylic acids is 1. The second-order valence-corrected chi connectivity index (χ2v) is 4.98. The number of hydrogen-bond donors (Lipinski definition) is 2. The van der Waals surface area contributed by atoms with Crippen molar-refractivity contribution < 1.29 is 9.90 Å². The lowest BCUT2D eigenvalue weighted by Gasteiger charge is -2.18. The van der Waals surface area contributed by atoms with E-state index in [1.54, 1.807) is 0 Å². The molecular formula is C12H23NO2. The number of nitrogens with one attached hydrogen (secondary N) is 1. The molecule has 15 heavy (non-hydrogen) atoms. The molecule has 1 rings (SSSR count). The van der Waals surface area contributed by atoms with Gasteiger partial charge >= 0.3 is 5.97 Å². The Bertz CT molecular complexity index is 204. The first kappa shape index (κ1) is 12.5. The molecule has 1 aliphatic rings. The Morgan fingerprint density at radius 1 is 1.33 bits per heavy atom. The van der Waals surface area contributed by atoms with Crippen LogP contribution >= 0.6 is 0 Å². The standard InChI is InChI=1S/C12H23NO2/c1-9(2)10-4-3-5-11(7-6-10)13-8-12(14)15/h9-11,13H,3-8H2,1-2H3,(H,14,15). The Balaban J connectivity index is 2.29. The van der Waals surface area contributed by atoms with Crippen molar-refractivity contribution in [2.45, 2.75) is 52.0 Å². The van der Waals surface area contributed by atoms with Crippen molar-refractivity contribution in [1.82, 2.24) is 5.32 Å². The maximum absolute atomic E-state index is 10.4. The Labute approximate surface area is 92.3 Å². The van der Waals surface area contributed by atoms with Crippen molar-refractivity contribution in [1.29, 1.82) is 0 Å². The Morgan fingerprint density at radius 3 is 2.67 bits per heavy atom. The van der Waals surface area contributed by atoms with Gasteiger partial charge in [0, 0.05) is 6.04 Å². The van der Waals surface area contributed by atoms with Crippen molar-refractivity contribution in [3.63, 3.8) is 0 Å². The van der Waals surface area contributed by atoms with Gasteiger partial charge in [-0.25, -0.2) is 0 Å².